The molecule has 0 aromatic heterocycles. The van der Waals surface area contributed by atoms with Crippen LogP contribution in [0.4, 0.5) is 0 Å². The van der Waals surface area contributed by atoms with E-state index in [2.05, 4.69) is 37.4 Å². The van der Waals surface area contributed by atoms with Crippen molar-refractivity contribution in [2.45, 2.75) is 63.7 Å². The van der Waals surface area contributed by atoms with Crippen LogP contribution >= 0.6 is 0 Å². The fourth-order valence-corrected chi connectivity index (χ4v) is 3.62. The quantitative estimate of drug-likeness (QED) is 0.892. The maximum Gasteiger partial charge on any atom is 0.124 e. The zero-order chi connectivity index (χ0) is 14.9. The van der Waals surface area contributed by atoms with Gasteiger partial charge in [-0.05, 0) is 37.7 Å². The van der Waals surface area contributed by atoms with Gasteiger partial charge in [-0.25, -0.2) is 0 Å². The highest BCUT2D eigenvalue weighted by Gasteiger charge is 2.42. The Morgan fingerprint density at radius 3 is 2.71 bits per heavy atom. The van der Waals surface area contributed by atoms with Crippen LogP contribution in [-0.2, 0) is 0 Å². The zero-order valence-electron chi connectivity index (χ0n) is 13.1. The van der Waals surface area contributed by atoms with Crippen molar-refractivity contribution in [3.05, 3.63) is 29.8 Å². The summed E-state index contributed by atoms with van der Waals surface area (Å²) in [6.07, 6.45) is 5.58. The minimum Gasteiger partial charge on any atom is -0.487 e. The summed E-state index contributed by atoms with van der Waals surface area (Å²) < 4.78 is 6.36. The van der Waals surface area contributed by atoms with Crippen molar-refractivity contribution < 1.29 is 9.84 Å². The lowest BCUT2D eigenvalue weighted by Gasteiger charge is -2.40. The molecular formula is C18H27NO2. The molecule has 1 aromatic carbocycles. The van der Waals surface area contributed by atoms with Crippen molar-refractivity contribution >= 4 is 0 Å². The molecule has 21 heavy (non-hydrogen) atoms. The van der Waals surface area contributed by atoms with E-state index >= 15 is 0 Å². The molecule has 0 amide bonds. The molecule has 1 aromatic rings. The van der Waals surface area contributed by atoms with Gasteiger partial charge < -0.3 is 15.2 Å². The molecule has 1 saturated carbocycles. The molecule has 1 aliphatic carbocycles. The van der Waals surface area contributed by atoms with E-state index in [1.54, 1.807) is 0 Å². The molecule has 2 unspecified atom stereocenters. The van der Waals surface area contributed by atoms with Gasteiger partial charge in [-0.15, -0.1) is 0 Å². The van der Waals surface area contributed by atoms with Gasteiger partial charge in [-0.1, -0.05) is 32.0 Å². The molecular weight excluding hydrogens is 262 g/mol. The van der Waals surface area contributed by atoms with Crippen LogP contribution in [0.5, 0.6) is 5.75 Å². The molecule has 0 radical (unpaired) electrons. The third-order valence-corrected chi connectivity index (χ3v) is 5.05. The summed E-state index contributed by atoms with van der Waals surface area (Å²) in [5, 5.41) is 13.6. The first kappa shape index (κ1) is 14.9. The first-order chi connectivity index (χ1) is 10.1. The van der Waals surface area contributed by atoms with E-state index in [4.69, 9.17) is 4.74 Å². The summed E-state index contributed by atoms with van der Waals surface area (Å²) in [7, 11) is 0. The van der Waals surface area contributed by atoms with Gasteiger partial charge in [0.1, 0.15) is 11.4 Å². The Morgan fingerprint density at radius 1 is 1.29 bits per heavy atom. The topological polar surface area (TPSA) is 41.5 Å². The van der Waals surface area contributed by atoms with E-state index in [9.17, 15) is 5.11 Å². The Labute approximate surface area is 127 Å². The van der Waals surface area contributed by atoms with Gasteiger partial charge in [0.25, 0.3) is 0 Å². The van der Waals surface area contributed by atoms with Crippen molar-refractivity contribution in [3.8, 4) is 5.75 Å². The van der Waals surface area contributed by atoms with E-state index in [-0.39, 0.29) is 17.6 Å². The van der Waals surface area contributed by atoms with Crippen LogP contribution in [-0.4, -0.2) is 23.4 Å². The van der Waals surface area contributed by atoms with E-state index in [0.717, 1.165) is 25.0 Å². The molecule has 3 heteroatoms. The lowest BCUT2D eigenvalue weighted by atomic mass is 9.85. The number of aliphatic hydroxyl groups excluding tert-OH is 1. The fraction of sp³-hybridized carbons (Fsp3) is 0.667. The van der Waals surface area contributed by atoms with Gasteiger partial charge in [-0.2, -0.15) is 0 Å². The van der Waals surface area contributed by atoms with E-state index in [1.165, 1.54) is 18.4 Å². The van der Waals surface area contributed by atoms with Gasteiger partial charge in [0.05, 0.1) is 6.10 Å². The number of rotatable bonds is 4. The molecule has 0 bridgehead atoms. The van der Waals surface area contributed by atoms with Crippen molar-refractivity contribution in [1.82, 2.24) is 5.32 Å². The second kappa shape index (κ2) is 5.98. The van der Waals surface area contributed by atoms with Gasteiger partial charge in [0, 0.05) is 24.6 Å². The van der Waals surface area contributed by atoms with Crippen LogP contribution in [0.15, 0.2) is 24.3 Å². The molecule has 3 nitrogen and oxygen atoms in total. The standard InChI is InChI=1S/C18H27NO2/c1-13(2)16(20)12-19-15-11-18(9-5-6-10-18)21-17-8-4-3-7-14(15)17/h3-4,7-8,13,15-16,19-20H,5-6,9-12H2,1-2H3. The number of aliphatic hydroxyl groups is 1. The number of hydrogen-bond donors (Lipinski definition) is 2. The molecule has 0 saturated heterocycles. The SMILES string of the molecule is CC(C)C(O)CNC1CC2(CCCC2)Oc2ccccc21. The first-order valence-electron chi connectivity index (χ1n) is 8.29. The normalized spacial score (nSPS) is 24.9. The Bertz CT molecular complexity index is 480. The Hall–Kier alpha value is -1.06. The van der Waals surface area contributed by atoms with Crippen LogP contribution < -0.4 is 10.1 Å². The summed E-state index contributed by atoms with van der Waals surface area (Å²) in [6, 6.07) is 8.65. The number of nitrogens with one attached hydrogen (secondary N) is 1. The largest absolute Gasteiger partial charge is 0.487 e. The van der Waals surface area contributed by atoms with Crippen LogP contribution in [0, 0.1) is 5.92 Å². The molecule has 2 N–H and O–H groups in total. The summed E-state index contributed by atoms with van der Waals surface area (Å²) in [5.74, 6) is 1.32. The van der Waals surface area contributed by atoms with Gasteiger partial charge in [-0.3, -0.25) is 0 Å². The lowest BCUT2D eigenvalue weighted by Crippen LogP contribution is -2.44. The number of fused-ring (bicyclic) bond motifs is 1. The molecule has 3 rings (SSSR count). The minimum atomic E-state index is -0.292. The second-order valence-electron chi connectivity index (χ2n) is 7.01. The average Bonchev–Trinajstić information content (AvgIpc) is 2.92. The van der Waals surface area contributed by atoms with Crippen LogP contribution in [0.25, 0.3) is 0 Å². The van der Waals surface area contributed by atoms with E-state index < -0.39 is 0 Å². The van der Waals surface area contributed by atoms with Crippen LogP contribution in [0.1, 0.15) is 57.6 Å². The smallest absolute Gasteiger partial charge is 0.124 e. The highest BCUT2D eigenvalue weighted by Crippen LogP contribution is 2.46. The minimum absolute atomic E-state index is 0.0226. The molecule has 1 aliphatic heterocycles. The number of hydrogen-bond acceptors (Lipinski definition) is 3. The molecule has 1 heterocycles. The molecule has 2 aliphatic rings. The maximum atomic E-state index is 10.1. The van der Waals surface area contributed by atoms with E-state index in [1.807, 2.05) is 6.07 Å². The predicted octanol–water partition coefficient (Wildman–Crippen LogP) is 3.43. The molecule has 2 atom stereocenters. The Kier molecular flexibility index (Phi) is 4.23. The number of para-hydroxylation sites is 1. The Balaban J connectivity index is 1.78. The Morgan fingerprint density at radius 2 is 2.00 bits per heavy atom. The summed E-state index contributed by atoms with van der Waals surface area (Å²) in [4.78, 5) is 0. The van der Waals surface area contributed by atoms with Crippen molar-refractivity contribution in [1.29, 1.82) is 0 Å². The van der Waals surface area contributed by atoms with Gasteiger partial charge in [0.2, 0.25) is 0 Å². The monoisotopic (exact) mass is 289 g/mol. The van der Waals surface area contributed by atoms with Crippen LogP contribution in [0.3, 0.4) is 0 Å². The summed E-state index contributed by atoms with van der Waals surface area (Å²) in [5.41, 5.74) is 1.26. The molecule has 116 valence electrons. The maximum absolute atomic E-state index is 10.1. The summed E-state index contributed by atoms with van der Waals surface area (Å²) in [6.45, 7) is 4.76. The number of ether oxygens (including phenoxy) is 1. The molecule has 1 fully saturated rings. The second-order valence-corrected chi connectivity index (χ2v) is 7.01. The van der Waals surface area contributed by atoms with Gasteiger partial charge >= 0.3 is 0 Å². The first-order valence-corrected chi connectivity index (χ1v) is 8.29. The fourth-order valence-electron chi connectivity index (χ4n) is 3.62. The highest BCUT2D eigenvalue weighted by atomic mass is 16.5. The highest BCUT2D eigenvalue weighted by molar-refractivity contribution is 5.39. The van der Waals surface area contributed by atoms with Crippen molar-refractivity contribution in [3.63, 3.8) is 0 Å². The van der Waals surface area contributed by atoms with Crippen molar-refractivity contribution in [2.75, 3.05) is 6.54 Å². The van der Waals surface area contributed by atoms with Gasteiger partial charge in [0.15, 0.2) is 0 Å². The molecule has 1 spiro atoms. The van der Waals surface area contributed by atoms with Crippen LogP contribution in [0.2, 0.25) is 0 Å². The predicted molar refractivity (Wildman–Crippen MR) is 84.5 cm³/mol. The lowest BCUT2D eigenvalue weighted by molar-refractivity contribution is 0.0324. The zero-order valence-corrected chi connectivity index (χ0v) is 13.1. The third-order valence-electron chi connectivity index (χ3n) is 5.05. The summed E-state index contributed by atoms with van der Waals surface area (Å²) >= 11 is 0. The van der Waals surface area contributed by atoms with Crippen molar-refractivity contribution in [2.24, 2.45) is 5.92 Å². The third kappa shape index (κ3) is 3.09. The average molecular weight is 289 g/mol. The van der Waals surface area contributed by atoms with E-state index in [0.29, 0.717) is 12.6 Å². The number of benzene rings is 1.